The average molecular weight is 360 g/mol. The number of hydrogen-bond acceptors (Lipinski definition) is 5. The van der Waals surface area contributed by atoms with Crippen LogP contribution in [-0.4, -0.2) is 42.8 Å². The van der Waals surface area contributed by atoms with E-state index < -0.39 is 6.43 Å². The van der Waals surface area contributed by atoms with Gasteiger partial charge in [-0.15, -0.1) is 0 Å². The Kier molecular flexibility index (Phi) is 8.57. The Morgan fingerprint density at radius 2 is 1.80 bits per heavy atom. The minimum absolute atomic E-state index is 0.0779. The summed E-state index contributed by atoms with van der Waals surface area (Å²) in [4.78, 5) is 0. The first-order valence-corrected chi connectivity index (χ1v) is 9.10. The maximum Gasteiger partial charge on any atom is 0.284 e. The van der Waals surface area contributed by atoms with Gasteiger partial charge in [-0.25, -0.2) is 8.78 Å². The zero-order valence-electron chi connectivity index (χ0n) is 14.7. The molecule has 0 unspecified atom stereocenters. The van der Waals surface area contributed by atoms with Crippen LogP contribution in [0.1, 0.15) is 56.7 Å². The molecule has 8 heteroatoms. The van der Waals surface area contributed by atoms with Crippen LogP contribution >= 0.6 is 0 Å². The molecule has 1 heterocycles. The fourth-order valence-corrected chi connectivity index (χ4v) is 3.15. The molecule has 2 rings (SSSR count). The van der Waals surface area contributed by atoms with Gasteiger partial charge < -0.3 is 20.9 Å². The molecule has 0 radical (unpaired) electrons. The first kappa shape index (κ1) is 20.1. The Morgan fingerprint density at radius 1 is 1.12 bits per heavy atom. The van der Waals surface area contributed by atoms with Gasteiger partial charge in [0.25, 0.3) is 6.43 Å². The molecule has 144 valence electrons. The third kappa shape index (κ3) is 6.52. The quantitative estimate of drug-likeness (QED) is 0.592. The van der Waals surface area contributed by atoms with Crippen molar-refractivity contribution in [2.45, 2.75) is 51.0 Å². The van der Waals surface area contributed by atoms with Gasteiger partial charge in [0.05, 0.1) is 11.7 Å². The molecule has 4 N–H and O–H groups in total. The van der Waals surface area contributed by atoms with Crippen molar-refractivity contribution in [1.29, 1.82) is 0 Å². The summed E-state index contributed by atoms with van der Waals surface area (Å²) in [6.45, 7) is 3.54. The molecule has 0 aromatic carbocycles. The Hall–Kier alpha value is -1.25. The summed E-state index contributed by atoms with van der Waals surface area (Å²) >= 11 is 0. The predicted octanol–water partition coefficient (Wildman–Crippen LogP) is 2.91. The number of halogens is 2. The monoisotopic (exact) mass is 360 g/mol. The summed E-state index contributed by atoms with van der Waals surface area (Å²) in [6.07, 6.45) is 4.56. The summed E-state index contributed by atoms with van der Waals surface area (Å²) < 4.78 is 38.3. The molecule has 25 heavy (non-hydrogen) atoms. The van der Waals surface area contributed by atoms with Gasteiger partial charge in [-0.3, -0.25) is 4.68 Å². The van der Waals surface area contributed by atoms with E-state index in [2.05, 4.69) is 5.10 Å². The molecule has 0 amide bonds. The molecule has 1 fully saturated rings. The van der Waals surface area contributed by atoms with E-state index in [0.29, 0.717) is 32.3 Å². The minimum Gasteiger partial charge on any atom is -0.396 e. The third-order valence-corrected chi connectivity index (χ3v) is 4.61. The minimum atomic E-state index is -2.62. The van der Waals surface area contributed by atoms with Gasteiger partial charge >= 0.3 is 0 Å². The number of alkyl halides is 2. The van der Waals surface area contributed by atoms with Crippen LogP contribution in [-0.2, 0) is 9.47 Å². The average Bonchev–Trinajstić information content (AvgIpc) is 3.00. The normalized spacial score (nSPS) is 21.1. The van der Waals surface area contributed by atoms with Crippen LogP contribution in [0.4, 0.5) is 14.5 Å². The van der Waals surface area contributed by atoms with Gasteiger partial charge in [-0.1, -0.05) is 0 Å². The maximum atomic E-state index is 12.8. The molecule has 1 saturated carbocycles. The molecular weight excluding hydrogens is 330 g/mol. The fraction of sp³-hybridized carbons (Fsp3) is 0.824. The Labute approximate surface area is 147 Å². The van der Waals surface area contributed by atoms with Crippen LogP contribution in [0.3, 0.4) is 0 Å². The molecule has 0 saturated heterocycles. The lowest BCUT2D eigenvalue weighted by Crippen LogP contribution is -2.22. The van der Waals surface area contributed by atoms with Crippen molar-refractivity contribution in [3.8, 4) is 0 Å². The predicted molar refractivity (Wildman–Crippen MR) is 92.5 cm³/mol. The van der Waals surface area contributed by atoms with Gasteiger partial charge in [0.1, 0.15) is 0 Å². The number of anilines is 1. The Morgan fingerprint density at radius 3 is 2.44 bits per heavy atom. The van der Waals surface area contributed by atoms with Gasteiger partial charge in [0.2, 0.25) is 0 Å². The third-order valence-electron chi connectivity index (χ3n) is 4.61. The largest absolute Gasteiger partial charge is 0.396 e. The van der Waals surface area contributed by atoms with Crippen molar-refractivity contribution in [2.75, 3.05) is 38.7 Å². The van der Waals surface area contributed by atoms with E-state index in [9.17, 15) is 8.78 Å². The van der Waals surface area contributed by atoms with Gasteiger partial charge in [0.15, 0.2) is 5.69 Å². The standard InChI is InChI=1S/C17H30F2N4O2/c18-17(19)16-15(21)11-23(22-16)14-5-3-13(4-6-14)12-25-10-2-9-24-8-1-7-20/h11,13-14,17H,1-10,12,20-21H2/t13-,14-. The second-order valence-corrected chi connectivity index (χ2v) is 6.61. The number of nitrogens with two attached hydrogens (primary N) is 2. The van der Waals surface area contributed by atoms with Gasteiger partial charge in [-0.05, 0) is 51.0 Å². The van der Waals surface area contributed by atoms with E-state index in [1.807, 2.05) is 0 Å². The van der Waals surface area contributed by atoms with Crippen LogP contribution in [0.2, 0.25) is 0 Å². The van der Waals surface area contributed by atoms with E-state index in [0.717, 1.165) is 45.1 Å². The van der Waals surface area contributed by atoms with Crippen LogP contribution in [0.25, 0.3) is 0 Å². The summed E-state index contributed by atoms with van der Waals surface area (Å²) in [6, 6.07) is 0.155. The molecule has 0 aliphatic heterocycles. The first-order valence-electron chi connectivity index (χ1n) is 9.10. The van der Waals surface area contributed by atoms with E-state index in [-0.39, 0.29) is 17.4 Å². The summed E-state index contributed by atoms with van der Waals surface area (Å²) in [5.41, 5.74) is 10.8. The molecule has 0 bridgehead atoms. The number of nitrogens with zero attached hydrogens (tertiary/aromatic N) is 2. The molecule has 1 aromatic heterocycles. The van der Waals surface area contributed by atoms with E-state index in [1.165, 1.54) is 6.20 Å². The number of nitrogen functional groups attached to an aromatic ring is 1. The van der Waals surface area contributed by atoms with E-state index in [4.69, 9.17) is 20.9 Å². The number of ether oxygens (including phenoxy) is 2. The van der Waals surface area contributed by atoms with Crippen molar-refractivity contribution in [1.82, 2.24) is 9.78 Å². The van der Waals surface area contributed by atoms with Gasteiger partial charge in [0, 0.05) is 32.6 Å². The number of aromatic nitrogens is 2. The lowest BCUT2D eigenvalue weighted by atomic mass is 9.86. The smallest absolute Gasteiger partial charge is 0.284 e. The highest BCUT2D eigenvalue weighted by atomic mass is 19.3. The highest BCUT2D eigenvalue weighted by Crippen LogP contribution is 2.34. The molecule has 0 spiro atoms. The number of hydrogen-bond donors (Lipinski definition) is 2. The van der Waals surface area contributed by atoms with Crippen molar-refractivity contribution in [3.63, 3.8) is 0 Å². The molecule has 0 atom stereocenters. The molecule has 1 aliphatic carbocycles. The summed E-state index contributed by atoms with van der Waals surface area (Å²) in [5.74, 6) is 0.525. The highest BCUT2D eigenvalue weighted by Gasteiger charge is 2.25. The van der Waals surface area contributed by atoms with Gasteiger partial charge in [-0.2, -0.15) is 5.10 Å². The van der Waals surface area contributed by atoms with Crippen molar-refractivity contribution in [2.24, 2.45) is 11.7 Å². The molecular formula is C17H30F2N4O2. The van der Waals surface area contributed by atoms with Crippen LogP contribution < -0.4 is 11.5 Å². The van der Waals surface area contributed by atoms with Crippen molar-refractivity contribution < 1.29 is 18.3 Å². The highest BCUT2D eigenvalue weighted by molar-refractivity contribution is 5.41. The van der Waals surface area contributed by atoms with Crippen molar-refractivity contribution in [3.05, 3.63) is 11.9 Å². The van der Waals surface area contributed by atoms with Crippen molar-refractivity contribution >= 4 is 5.69 Å². The second kappa shape index (κ2) is 10.7. The maximum absolute atomic E-state index is 12.8. The fourth-order valence-electron chi connectivity index (χ4n) is 3.15. The van der Waals surface area contributed by atoms with E-state index in [1.54, 1.807) is 4.68 Å². The lowest BCUT2D eigenvalue weighted by Gasteiger charge is -2.28. The Balaban J connectivity index is 1.59. The second-order valence-electron chi connectivity index (χ2n) is 6.61. The molecule has 1 aromatic rings. The molecule has 1 aliphatic rings. The summed E-state index contributed by atoms with van der Waals surface area (Å²) in [5, 5.41) is 3.96. The number of rotatable bonds is 11. The van der Waals surface area contributed by atoms with Crippen LogP contribution in [0, 0.1) is 5.92 Å². The zero-order chi connectivity index (χ0) is 18.1. The molecule has 6 nitrogen and oxygen atoms in total. The topological polar surface area (TPSA) is 88.3 Å². The van der Waals surface area contributed by atoms with E-state index >= 15 is 0 Å². The first-order chi connectivity index (χ1) is 12.1. The SMILES string of the molecule is NCCCOCCCOC[C@H]1CC[C@H](n2cc(N)c(C(F)F)n2)CC1. The van der Waals surface area contributed by atoms with Crippen LogP contribution in [0.5, 0.6) is 0 Å². The Bertz CT molecular complexity index is 491. The lowest BCUT2D eigenvalue weighted by molar-refractivity contribution is 0.0539. The van der Waals surface area contributed by atoms with Crippen LogP contribution in [0.15, 0.2) is 6.20 Å². The summed E-state index contributed by atoms with van der Waals surface area (Å²) in [7, 11) is 0. The zero-order valence-corrected chi connectivity index (χ0v) is 14.7.